The molecule has 0 aliphatic heterocycles. The van der Waals surface area contributed by atoms with Crippen molar-refractivity contribution in [3.63, 3.8) is 0 Å². The summed E-state index contributed by atoms with van der Waals surface area (Å²) in [4.78, 5) is 74.5. The van der Waals surface area contributed by atoms with Crippen molar-refractivity contribution in [3.8, 4) is 0 Å². The molecule has 0 aromatic rings. The lowest BCUT2D eigenvalue weighted by atomic mass is 10.0. The van der Waals surface area contributed by atoms with Gasteiger partial charge in [0.2, 0.25) is 29.5 Å². The molecule has 0 spiro atoms. The summed E-state index contributed by atoms with van der Waals surface area (Å²) in [5.74, 6) is -4.64. The number of nitrogens with one attached hydrogen (secondary N) is 4. The normalized spacial score (nSPS) is 12.7. The van der Waals surface area contributed by atoms with Gasteiger partial charge in [0.15, 0.2) is 0 Å². The molecule has 13 nitrogen and oxygen atoms in total. The fourth-order valence-electron chi connectivity index (χ4n) is 6.56. The fourth-order valence-corrected chi connectivity index (χ4v) is 6.56. The molecule has 0 fully saturated rings. The summed E-state index contributed by atoms with van der Waals surface area (Å²) < 4.78 is 0. The summed E-state index contributed by atoms with van der Waals surface area (Å²) in [5, 5.41) is 19.2. The SMILES string of the molecule is CCCCCCCCCCCCCCCC(=O)NCC(NC(=O)CCCCCCCCCCCCCCC)C(=O)NC(CN)C(=O)NC(CC(=O)O)C(N)=O. The van der Waals surface area contributed by atoms with E-state index >= 15 is 0 Å². The molecule has 0 aliphatic carbocycles. The Bertz CT molecular complexity index is 1040. The van der Waals surface area contributed by atoms with Crippen LogP contribution >= 0.6 is 0 Å². The highest BCUT2D eigenvalue weighted by Gasteiger charge is 2.29. The average molecular weight is 781 g/mol. The second-order valence-corrected chi connectivity index (χ2v) is 15.3. The van der Waals surface area contributed by atoms with E-state index in [0.29, 0.717) is 12.8 Å². The van der Waals surface area contributed by atoms with Gasteiger partial charge in [-0.15, -0.1) is 0 Å². The van der Waals surface area contributed by atoms with Crippen LogP contribution in [0.2, 0.25) is 0 Å². The van der Waals surface area contributed by atoms with E-state index in [9.17, 15) is 28.8 Å². The zero-order chi connectivity index (χ0) is 40.9. The minimum absolute atomic E-state index is 0.185. The molecule has 0 aliphatic rings. The Morgan fingerprint density at radius 3 is 1.18 bits per heavy atom. The number of rotatable bonds is 39. The van der Waals surface area contributed by atoms with E-state index in [4.69, 9.17) is 16.6 Å². The Morgan fingerprint density at radius 2 is 0.818 bits per heavy atom. The smallest absolute Gasteiger partial charge is 0.305 e. The van der Waals surface area contributed by atoms with Gasteiger partial charge in [-0.1, -0.05) is 168 Å². The summed E-state index contributed by atoms with van der Waals surface area (Å²) in [6.07, 6.45) is 30.6. The van der Waals surface area contributed by atoms with Gasteiger partial charge in [0.1, 0.15) is 18.1 Å². The molecular formula is C42H80N6O7. The van der Waals surface area contributed by atoms with Crippen LogP contribution in [0.5, 0.6) is 0 Å². The molecule has 0 rings (SSSR count). The molecule has 0 radical (unpaired) electrons. The molecule has 5 amide bonds. The van der Waals surface area contributed by atoms with Crippen molar-refractivity contribution in [2.45, 2.75) is 218 Å². The third-order valence-corrected chi connectivity index (χ3v) is 10.1. The number of unbranched alkanes of at least 4 members (excludes halogenated alkanes) is 24. The molecule has 0 aromatic carbocycles. The van der Waals surface area contributed by atoms with Gasteiger partial charge < -0.3 is 37.8 Å². The van der Waals surface area contributed by atoms with Gasteiger partial charge >= 0.3 is 5.97 Å². The minimum atomic E-state index is -1.50. The van der Waals surface area contributed by atoms with Crippen molar-refractivity contribution < 1.29 is 33.9 Å². The summed E-state index contributed by atoms with van der Waals surface area (Å²) >= 11 is 0. The van der Waals surface area contributed by atoms with Crippen LogP contribution in [0.15, 0.2) is 0 Å². The van der Waals surface area contributed by atoms with Gasteiger partial charge in [-0.2, -0.15) is 0 Å². The van der Waals surface area contributed by atoms with Crippen molar-refractivity contribution >= 4 is 35.5 Å². The van der Waals surface area contributed by atoms with E-state index in [1.807, 2.05) is 0 Å². The maximum atomic E-state index is 13.3. The zero-order valence-electron chi connectivity index (χ0n) is 34.7. The minimum Gasteiger partial charge on any atom is -0.481 e. The monoisotopic (exact) mass is 781 g/mol. The van der Waals surface area contributed by atoms with Crippen LogP contribution in [-0.2, 0) is 28.8 Å². The lowest BCUT2D eigenvalue weighted by Gasteiger charge is -2.24. The summed E-state index contributed by atoms with van der Waals surface area (Å²) in [5.41, 5.74) is 11.0. The second-order valence-electron chi connectivity index (χ2n) is 15.3. The van der Waals surface area contributed by atoms with Crippen LogP contribution in [0.1, 0.15) is 200 Å². The Hall–Kier alpha value is -3.22. The van der Waals surface area contributed by atoms with E-state index in [1.165, 1.54) is 116 Å². The summed E-state index contributed by atoms with van der Waals surface area (Å²) in [7, 11) is 0. The number of nitrogens with two attached hydrogens (primary N) is 2. The highest BCUT2D eigenvalue weighted by Crippen LogP contribution is 2.14. The van der Waals surface area contributed by atoms with Gasteiger partial charge in [0, 0.05) is 25.9 Å². The van der Waals surface area contributed by atoms with Crippen molar-refractivity contribution in [1.82, 2.24) is 21.3 Å². The first-order valence-corrected chi connectivity index (χ1v) is 21.9. The van der Waals surface area contributed by atoms with Crippen LogP contribution in [0.25, 0.3) is 0 Å². The summed E-state index contributed by atoms with van der Waals surface area (Å²) in [6, 6.07) is -4.03. The largest absolute Gasteiger partial charge is 0.481 e. The number of amides is 5. The molecule has 0 bridgehead atoms. The number of hydrogen-bond acceptors (Lipinski definition) is 7. The number of carbonyl (C=O) groups excluding carboxylic acids is 5. The number of carbonyl (C=O) groups is 6. The van der Waals surface area contributed by atoms with Crippen LogP contribution in [0, 0.1) is 0 Å². The van der Waals surface area contributed by atoms with Gasteiger partial charge in [-0.25, -0.2) is 0 Å². The van der Waals surface area contributed by atoms with E-state index in [0.717, 1.165) is 44.9 Å². The van der Waals surface area contributed by atoms with Crippen molar-refractivity contribution in [3.05, 3.63) is 0 Å². The quantitative estimate of drug-likeness (QED) is 0.0343. The number of hydrogen-bond donors (Lipinski definition) is 7. The first-order chi connectivity index (χ1) is 26.5. The zero-order valence-corrected chi connectivity index (χ0v) is 34.7. The van der Waals surface area contributed by atoms with Gasteiger partial charge in [0.05, 0.1) is 6.42 Å². The molecule has 3 unspecified atom stereocenters. The molecule has 9 N–H and O–H groups in total. The first-order valence-electron chi connectivity index (χ1n) is 21.9. The molecule has 13 heteroatoms. The second kappa shape index (κ2) is 36.4. The van der Waals surface area contributed by atoms with Crippen LogP contribution in [0.4, 0.5) is 0 Å². The summed E-state index contributed by atoms with van der Waals surface area (Å²) in [6.45, 7) is 3.91. The van der Waals surface area contributed by atoms with Gasteiger partial charge in [-0.05, 0) is 12.8 Å². The Kier molecular flexibility index (Phi) is 34.3. The Labute approximate surface area is 332 Å². The highest BCUT2D eigenvalue weighted by molar-refractivity contribution is 5.95. The van der Waals surface area contributed by atoms with Crippen molar-refractivity contribution in [2.24, 2.45) is 11.5 Å². The lowest BCUT2D eigenvalue weighted by Crippen LogP contribution is -2.60. The van der Waals surface area contributed by atoms with Gasteiger partial charge in [-0.3, -0.25) is 28.8 Å². The van der Waals surface area contributed by atoms with E-state index in [2.05, 4.69) is 35.1 Å². The molecule has 0 saturated heterocycles. The van der Waals surface area contributed by atoms with Crippen molar-refractivity contribution in [1.29, 1.82) is 0 Å². The topological polar surface area (TPSA) is 223 Å². The standard InChI is InChI=1S/C42H80N6O7/c1-3-5-7-9-11-13-15-17-19-21-23-25-27-29-37(49)45-33-36(42(55)48-35(32-43)41(54)47-34(40(44)53)31-39(51)52)46-38(50)30-28-26-24-22-20-18-16-14-12-10-8-6-4-2/h34-36H,3-33,43H2,1-2H3,(H2,44,53)(H,45,49)(H,46,50)(H,47,54)(H,48,55)(H,51,52). The molecular weight excluding hydrogens is 700 g/mol. The van der Waals surface area contributed by atoms with Crippen LogP contribution in [-0.4, -0.2) is 71.8 Å². The average Bonchev–Trinajstić information content (AvgIpc) is 3.15. The molecule has 0 heterocycles. The maximum absolute atomic E-state index is 13.3. The fraction of sp³-hybridized carbons (Fsp3) is 0.857. The molecule has 0 aromatic heterocycles. The first kappa shape index (κ1) is 51.8. The number of carboxylic acids is 1. The van der Waals surface area contributed by atoms with Crippen LogP contribution in [0.3, 0.4) is 0 Å². The third kappa shape index (κ3) is 31.7. The molecule has 3 atom stereocenters. The highest BCUT2D eigenvalue weighted by atomic mass is 16.4. The lowest BCUT2D eigenvalue weighted by molar-refractivity contribution is -0.140. The van der Waals surface area contributed by atoms with Crippen LogP contribution < -0.4 is 32.7 Å². The molecule has 0 saturated carbocycles. The molecule has 320 valence electrons. The Balaban J connectivity index is 4.83. The van der Waals surface area contributed by atoms with Gasteiger partial charge in [0.25, 0.3) is 0 Å². The van der Waals surface area contributed by atoms with E-state index < -0.39 is 48.2 Å². The number of primary amides is 1. The number of aliphatic carboxylic acids is 1. The maximum Gasteiger partial charge on any atom is 0.305 e. The van der Waals surface area contributed by atoms with E-state index in [-0.39, 0.29) is 31.3 Å². The third-order valence-electron chi connectivity index (χ3n) is 10.1. The predicted molar refractivity (Wildman–Crippen MR) is 220 cm³/mol. The number of carboxylic acid groups (broad SMARTS) is 1. The predicted octanol–water partition coefficient (Wildman–Crippen LogP) is 6.44. The Morgan fingerprint density at radius 1 is 0.473 bits per heavy atom. The van der Waals surface area contributed by atoms with Crippen molar-refractivity contribution in [2.75, 3.05) is 13.1 Å². The molecule has 55 heavy (non-hydrogen) atoms. The van der Waals surface area contributed by atoms with E-state index in [1.54, 1.807) is 0 Å².